The van der Waals surface area contributed by atoms with Gasteiger partial charge in [0.15, 0.2) is 0 Å². The van der Waals surface area contributed by atoms with E-state index < -0.39 is 0 Å². The molecule has 0 fully saturated rings. The van der Waals surface area contributed by atoms with Gasteiger partial charge in [0.1, 0.15) is 4.60 Å². The monoisotopic (exact) mass is 332 g/mol. The number of nitrogens with zero attached hydrogens (tertiary/aromatic N) is 1. The summed E-state index contributed by atoms with van der Waals surface area (Å²) in [5.74, 6) is 0.0127. The number of carbonyl (C=O) groups excluding carboxylic acids is 1. The van der Waals surface area contributed by atoms with Crippen molar-refractivity contribution in [1.29, 1.82) is 0 Å². The van der Waals surface area contributed by atoms with Crippen LogP contribution < -0.4 is 5.32 Å². The molecule has 1 heterocycles. The Morgan fingerprint density at radius 2 is 2.05 bits per heavy atom. The molecule has 1 N–H and O–H groups in total. The molecule has 0 aliphatic carbocycles. The van der Waals surface area contributed by atoms with E-state index in [2.05, 4.69) is 45.3 Å². The van der Waals surface area contributed by atoms with Gasteiger partial charge in [-0.25, -0.2) is 4.98 Å². The number of halogens is 1. The molecule has 0 atom stereocenters. The number of nitrogens with one attached hydrogen (secondary N) is 1. The highest BCUT2D eigenvalue weighted by Crippen LogP contribution is 2.16. The van der Waals surface area contributed by atoms with Gasteiger partial charge >= 0.3 is 0 Å². The van der Waals surface area contributed by atoms with Crippen molar-refractivity contribution in [2.75, 3.05) is 5.32 Å². The largest absolute Gasteiger partial charge is 0.324 e. The first-order chi connectivity index (χ1) is 9.54. The summed E-state index contributed by atoms with van der Waals surface area (Å²) in [6.07, 6.45) is 1.22. The Labute approximate surface area is 127 Å². The van der Waals surface area contributed by atoms with E-state index in [9.17, 15) is 4.79 Å². The number of rotatable bonds is 4. The summed E-state index contributed by atoms with van der Waals surface area (Å²) in [5.41, 5.74) is 3.98. The minimum absolute atomic E-state index is 0.0127. The topological polar surface area (TPSA) is 42.0 Å². The van der Waals surface area contributed by atoms with Crippen molar-refractivity contribution >= 4 is 27.5 Å². The molecule has 0 saturated heterocycles. The third-order valence-corrected chi connectivity index (χ3v) is 3.49. The Hall–Kier alpha value is -1.68. The van der Waals surface area contributed by atoms with Gasteiger partial charge in [0, 0.05) is 6.42 Å². The minimum Gasteiger partial charge on any atom is -0.324 e. The molecule has 0 spiro atoms. The molecule has 1 amide bonds. The molecular weight excluding hydrogens is 316 g/mol. The number of aryl methyl sites for hydroxylation is 3. The van der Waals surface area contributed by atoms with Crippen LogP contribution in [0.2, 0.25) is 0 Å². The fraction of sp³-hybridized carbons (Fsp3) is 0.250. The van der Waals surface area contributed by atoms with Crippen LogP contribution in [-0.4, -0.2) is 10.9 Å². The van der Waals surface area contributed by atoms with Gasteiger partial charge in [-0.15, -0.1) is 0 Å². The Morgan fingerprint density at radius 1 is 1.25 bits per heavy atom. The highest BCUT2D eigenvalue weighted by molar-refractivity contribution is 9.10. The number of pyridine rings is 1. The quantitative estimate of drug-likeness (QED) is 0.859. The van der Waals surface area contributed by atoms with Crippen LogP contribution in [-0.2, 0) is 11.2 Å². The first-order valence-electron chi connectivity index (χ1n) is 6.53. The van der Waals surface area contributed by atoms with Crippen LogP contribution in [0.4, 0.5) is 5.69 Å². The first-order valence-corrected chi connectivity index (χ1v) is 7.32. The van der Waals surface area contributed by atoms with Crippen LogP contribution >= 0.6 is 15.9 Å². The summed E-state index contributed by atoms with van der Waals surface area (Å²) in [5, 5.41) is 2.90. The molecule has 0 saturated carbocycles. The summed E-state index contributed by atoms with van der Waals surface area (Å²) in [6.45, 7) is 3.93. The molecule has 3 nitrogen and oxygen atoms in total. The van der Waals surface area contributed by atoms with Gasteiger partial charge in [-0.05, 0) is 53.9 Å². The molecule has 104 valence electrons. The molecule has 1 aromatic heterocycles. The number of hydrogen-bond acceptors (Lipinski definition) is 2. The average Bonchev–Trinajstić information content (AvgIpc) is 2.40. The number of amides is 1. The van der Waals surface area contributed by atoms with Crippen molar-refractivity contribution in [2.45, 2.75) is 26.7 Å². The molecule has 2 aromatic rings. The van der Waals surface area contributed by atoms with Crippen molar-refractivity contribution in [2.24, 2.45) is 0 Å². The van der Waals surface area contributed by atoms with E-state index in [1.165, 1.54) is 11.1 Å². The Balaban J connectivity index is 1.92. The summed E-state index contributed by atoms with van der Waals surface area (Å²) >= 11 is 3.31. The fourth-order valence-corrected chi connectivity index (χ4v) is 2.40. The lowest BCUT2D eigenvalue weighted by Gasteiger charge is -2.08. The summed E-state index contributed by atoms with van der Waals surface area (Å²) in [4.78, 5) is 16.2. The second-order valence-electron chi connectivity index (χ2n) is 4.80. The minimum atomic E-state index is 0.0127. The van der Waals surface area contributed by atoms with E-state index >= 15 is 0 Å². The number of hydrogen-bond donors (Lipinski definition) is 1. The third-order valence-electron chi connectivity index (χ3n) is 3.05. The molecule has 0 bridgehead atoms. The standard InChI is InChI=1S/C16H17BrN2O/c1-11-4-3-5-13(10-11)6-9-16(20)19-14-7-8-15(17)18-12(14)2/h3-5,7-8,10H,6,9H2,1-2H3,(H,19,20). The van der Waals surface area contributed by atoms with Crippen molar-refractivity contribution in [3.05, 3.63) is 57.8 Å². The predicted molar refractivity (Wildman–Crippen MR) is 84.8 cm³/mol. The highest BCUT2D eigenvalue weighted by atomic mass is 79.9. The van der Waals surface area contributed by atoms with Crippen molar-refractivity contribution in [3.8, 4) is 0 Å². The van der Waals surface area contributed by atoms with Crippen LogP contribution in [0.5, 0.6) is 0 Å². The van der Waals surface area contributed by atoms with Crippen LogP contribution in [0, 0.1) is 13.8 Å². The molecule has 0 aliphatic heterocycles. The second kappa shape index (κ2) is 6.66. The third kappa shape index (κ3) is 4.17. The van der Waals surface area contributed by atoms with Gasteiger partial charge in [-0.3, -0.25) is 4.79 Å². The zero-order valence-corrected chi connectivity index (χ0v) is 13.2. The molecule has 20 heavy (non-hydrogen) atoms. The molecule has 0 radical (unpaired) electrons. The average molecular weight is 333 g/mol. The summed E-state index contributed by atoms with van der Waals surface area (Å²) in [7, 11) is 0. The zero-order valence-electron chi connectivity index (χ0n) is 11.6. The van der Waals surface area contributed by atoms with E-state index in [0.29, 0.717) is 6.42 Å². The lowest BCUT2D eigenvalue weighted by Crippen LogP contribution is -2.13. The number of benzene rings is 1. The lowest BCUT2D eigenvalue weighted by atomic mass is 10.1. The smallest absolute Gasteiger partial charge is 0.224 e. The van der Waals surface area contributed by atoms with Crippen LogP contribution in [0.3, 0.4) is 0 Å². The molecule has 2 rings (SSSR count). The lowest BCUT2D eigenvalue weighted by molar-refractivity contribution is -0.116. The van der Waals surface area contributed by atoms with Gasteiger partial charge in [0.05, 0.1) is 11.4 Å². The second-order valence-corrected chi connectivity index (χ2v) is 5.62. The number of carbonyl (C=O) groups is 1. The van der Waals surface area contributed by atoms with Crippen molar-refractivity contribution in [3.63, 3.8) is 0 Å². The Kier molecular flexibility index (Phi) is 4.90. The van der Waals surface area contributed by atoms with E-state index in [-0.39, 0.29) is 5.91 Å². The van der Waals surface area contributed by atoms with E-state index in [1.807, 2.05) is 31.2 Å². The summed E-state index contributed by atoms with van der Waals surface area (Å²) < 4.78 is 0.771. The van der Waals surface area contributed by atoms with Crippen LogP contribution in [0.1, 0.15) is 23.2 Å². The van der Waals surface area contributed by atoms with Gasteiger partial charge in [-0.2, -0.15) is 0 Å². The first kappa shape index (κ1) is 14.7. The fourth-order valence-electron chi connectivity index (χ4n) is 2.00. The van der Waals surface area contributed by atoms with Gasteiger partial charge in [0.25, 0.3) is 0 Å². The van der Waals surface area contributed by atoms with Crippen molar-refractivity contribution in [1.82, 2.24) is 4.98 Å². The van der Waals surface area contributed by atoms with Crippen LogP contribution in [0.25, 0.3) is 0 Å². The maximum Gasteiger partial charge on any atom is 0.224 e. The maximum absolute atomic E-state index is 12.0. The van der Waals surface area contributed by atoms with Crippen molar-refractivity contribution < 1.29 is 4.79 Å². The van der Waals surface area contributed by atoms with E-state index in [0.717, 1.165) is 22.4 Å². The summed E-state index contributed by atoms with van der Waals surface area (Å²) in [6, 6.07) is 11.9. The normalized spacial score (nSPS) is 10.3. The zero-order chi connectivity index (χ0) is 14.5. The van der Waals surface area contributed by atoms with E-state index in [4.69, 9.17) is 0 Å². The Bertz CT molecular complexity index is 626. The number of aromatic nitrogens is 1. The molecule has 1 aromatic carbocycles. The molecular formula is C16H17BrN2O. The van der Waals surface area contributed by atoms with E-state index in [1.54, 1.807) is 0 Å². The predicted octanol–water partition coefficient (Wildman–Crippen LogP) is 4.03. The van der Waals surface area contributed by atoms with Crippen LogP contribution in [0.15, 0.2) is 41.0 Å². The molecule has 4 heteroatoms. The molecule has 0 unspecified atom stereocenters. The Morgan fingerprint density at radius 3 is 2.75 bits per heavy atom. The number of anilines is 1. The van der Waals surface area contributed by atoms with Gasteiger partial charge in [0.2, 0.25) is 5.91 Å². The van der Waals surface area contributed by atoms with Gasteiger partial charge < -0.3 is 5.32 Å². The highest BCUT2D eigenvalue weighted by Gasteiger charge is 2.06. The van der Waals surface area contributed by atoms with Gasteiger partial charge in [-0.1, -0.05) is 29.8 Å². The molecule has 0 aliphatic rings. The maximum atomic E-state index is 12.0. The SMILES string of the molecule is Cc1cccc(CCC(=O)Nc2ccc(Br)nc2C)c1.